The van der Waals surface area contributed by atoms with Gasteiger partial charge in [-0.15, -0.1) is 0 Å². The Balaban J connectivity index is 1.74. The van der Waals surface area contributed by atoms with Crippen LogP contribution in [-0.2, 0) is 4.79 Å². The van der Waals surface area contributed by atoms with Crippen molar-refractivity contribution in [2.45, 2.75) is 52.4 Å². The number of carbonyl (C=O) groups excluding carboxylic acids is 1. The molecular weight excluding hydrogens is 172 g/mol. The van der Waals surface area contributed by atoms with E-state index < -0.39 is 0 Å². The molecular formula is C13H22O. The minimum absolute atomic E-state index is 0.503. The van der Waals surface area contributed by atoms with Crippen molar-refractivity contribution in [2.24, 2.45) is 23.7 Å². The van der Waals surface area contributed by atoms with Crippen LogP contribution >= 0.6 is 0 Å². The van der Waals surface area contributed by atoms with Crippen LogP contribution in [0.15, 0.2) is 0 Å². The molecule has 3 atom stereocenters. The van der Waals surface area contributed by atoms with E-state index in [4.69, 9.17) is 0 Å². The summed E-state index contributed by atoms with van der Waals surface area (Å²) in [6, 6.07) is 0. The molecule has 0 saturated heterocycles. The predicted molar refractivity (Wildman–Crippen MR) is 58.0 cm³/mol. The van der Waals surface area contributed by atoms with E-state index >= 15 is 0 Å². The van der Waals surface area contributed by atoms with Crippen LogP contribution in [0.1, 0.15) is 52.4 Å². The van der Waals surface area contributed by atoms with Crippen molar-refractivity contribution in [3.8, 4) is 0 Å². The van der Waals surface area contributed by atoms with Crippen LogP contribution in [0.2, 0.25) is 0 Å². The van der Waals surface area contributed by atoms with Gasteiger partial charge in [0.25, 0.3) is 0 Å². The summed E-state index contributed by atoms with van der Waals surface area (Å²) in [5.41, 5.74) is 0. The number of hydrogen-bond donors (Lipinski definition) is 0. The monoisotopic (exact) mass is 194 g/mol. The lowest BCUT2D eigenvalue weighted by molar-refractivity contribution is -0.121. The van der Waals surface area contributed by atoms with Gasteiger partial charge in [0.15, 0.2) is 0 Å². The van der Waals surface area contributed by atoms with Gasteiger partial charge < -0.3 is 0 Å². The molecule has 2 aliphatic rings. The molecule has 0 heterocycles. The zero-order valence-corrected chi connectivity index (χ0v) is 9.46. The molecule has 1 heteroatoms. The van der Waals surface area contributed by atoms with Crippen molar-refractivity contribution in [1.82, 2.24) is 0 Å². The molecule has 0 N–H and O–H groups in total. The van der Waals surface area contributed by atoms with E-state index in [2.05, 4.69) is 13.8 Å². The van der Waals surface area contributed by atoms with E-state index in [1.54, 1.807) is 0 Å². The predicted octanol–water partition coefficient (Wildman–Crippen LogP) is 3.43. The van der Waals surface area contributed by atoms with Crippen molar-refractivity contribution in [1.29, 1.82) is 0 Å². The molecule has 3 unspecified atom stereocenters. The van der Waals surface area contributed by atoms with Gasteiger partial charge in [0.1, 0.15) is 5.78 Å². The highest BCUT2D eigenvalue weighted by Crippen LogP contribution is 2.58. The number of ketones is 1. The highest BCUT2D eigenvalue weighted by atomic mass is 16.1. The highest BCUT2D eigenvalue weighted by molar-refractivity contribution is 5.84. The van der Waals surface area contributed by atoms with Gasteiger partial charge >= 0.3 is 0 Å². The lowest BCUT2D eigenvalue weighted by Crippen LogP contribution is -2.10. The zero-order valence-electron chi connectivity index (χ0n) is 9.46. The molecule has 0 bridgehead atoms. The normalized spacial score (nSPS) is 36.6. The first-order valence-corrected chi connectivity index (χ1v) is 6.26. The van der Waals surface area contributed by atoms with Gasteiger partial charge in [-0.1, -0.05) is 33.1 Å². The second kappa shape index (κ2) is 4.04. The molecule has 0 aromatic carbocycles. The number of rotatable bonds is 5. The summed E-state index contributed by atoms with van der Waals surface area (Å²) in [4.78, 5) is 11.9. The third kappa shape index (κ3) is 1.87. The van der Waals surface area contributed by atoms with Gasteiger partial charge in [0.05, 0.1) is 0 Å². The molecule has 80 valence electrons. The van der Waals surface area contributed by atoms with Gasteiger partial charge in [-0.2, -0.15) is 0 Å². The van der Waals surface area contributed by atoms with E-state index in [0.717, 1.165) is 18.3 Å². The molecule has 2 aliphatic carbocycles. The fourth-order valence-electron chi connectivity index (χ4n) is 3.37. The second-order valence-electron chi connectivity index (χ2n) is 5.35. The van der Waals surface area contributed by atoms with Gasteiger partial charge in [-0.05, 0) is 30.6 Å². The summed E-state index contributed by atoms with van der Waals surface area (Å²) in [6.07, 6.45) is 7.33. The van der Waals surface area contributed by atoms with E-state index in [-0.39, 0.29) is 0 Å². The smallest absolute Gasteiger partial charge is 0.136 e. The molecule has 0 aliphatic heterocycles. The lowest BCUT2D eigenvalue weighted by Gasteiger charge is -2.09. The number of carbonyl (C=O) groups is 1. The maximum absolute atomic E-state index is 11.9. The fraction of sp³-hybridized carbons (Fsp3) is 0.923. The average Bonchev–Trinajstić information content (AvgIpc) is 2.61. The highest BCUT2D eigenvalue weighted by Gasteiger charge is 2.55. The first kappa shape index (κ1) is 10.2. The molecule has 2 fully saturated rings. The second-order valence-corrected chi connectivity index (χ2v) is 5.35. The van der Waals surface area contributed by atoms with Crippen molar-refractivity contribution in [3.63, 3.8) is 0 Å². The summed E-state index contributed by atoms with van der Waals surface area (Å²) < 4.78 is 0. The van der Waals surface area contributed by atoms with Crippen molar-refractivity contribution in [3.05, 3.63) is 0 Å². The van der Waals surface area contributed by atoms with Gasteiger partial charge in [0, 0.05) is 12.3 Å². The minimum Gasteiger partial charge on any atom is -0.299 e. The Morgan fingerprint density at radius 1 is 1.36 bits per heavy atom. The Hall–Kier alpha value is -0.330. The van der Waals surface area contributed by atoms with Gasteiger partial charge in [-0.25, -0.2) is 0 Å². The summed E-state index contributed by atoms with van der Waals surface area (Å²) in [5, 5.41) is 0. The number of fused-ring (bicyclic) bond motifs is 1. The summed E-state index contributed by atoms with van der Waals surface area (Å²) in [5.74, 6) is 3.34. The molecule has 0 aromatic rings. The minimum atomic E-state index is 0.503. The number of hydrogen-bond acceptors (Lipinski definition) is 1. The number of Topliss-reactive ketones (excluding diaryl/α,β-unsaturated/α-hetero) is 1. The van der Waals surface area contributed by atoms with Crippen LogP contribution in [-0.4, -0.2) is 5.78 Å². The van der Waals surface area contributed by atoms with Gasteiger partial charge in [0.2, 0.25) is 0 Å². The Bertz CT molecular complexity index is 211. The maximum Gasteiger partial charge on any atom is 0.136 e. The Labute approximate surface area is 87.3 Å². The van der Waals surface area contributed by atoms with Crippen LogP contribution in [0, 0.1) is 23.7 Å². The van der Waals surface area contributed by atoms with E-state index in [1.165, 1.54) is 32.1 Å². The average molecular weight is 194 g/mol. The SMILES string of the molecule is CCCC(C)CC(=O)C1C2CCCC21. The van der Waals surface area contributed by atoms with Crippen molar-refractivity contribution >= 4 is 5.78 Å². The van der Waals surface area contributed by atoms with Crippen LogP contribution in [0.4, 0.5) is 0 Å². The van der Waals surface area contributed by atoms with Crippen molar-refractivity contribution < 1.29 is 4.79 Å². The fourth-order valence-corrected chi connectivity index (χ4v) is 3.37. The van der Waals surface area contributed by atoms with E-state index in [9.17, 15) is 4.79 Å². The molecule has 2 saturated carbocycles. The van der Waals surface area contributed by atoms with Crippen molar-refractivity contribution in [2.75, 3.05) is 0 Å². The molecule has 2 rings (SSSR count). The summed E-state index contributed by atoms with van der Waals surface area (Å²) in [7, 11) is 0. The van der Waals surface area contributed by atoms with Gasteiger partial charge in [-0.3, -0.25) is 4.79 Å². The summed E-state index contributed by atoms with van der Waals surface area (Å²) >= 11 is 0. The Morgan fingerprint density at radius 3 is 2.57 bits per heavy atom. The molecule has 0 spiro atoms. The third-order valence-corrected chi connectivity index (χ3v) is 4.11. The molecule has 14 heavy (non-hydrogen) atoms. The Morgan fingerprint density at radius 2 is 2.00 bits per heavy atom. The zero-order chi connectivity index (χ0) is 10.1. The molecule has 1 nitrogen and oxygen atoms in total. The quantitative estimate of drug-likeness (QED) is 0.655. The summed E-state index contributed by atoms with van der Waals surface area (Å²) in [6.45, 7) is 4.42. The third-order valence-electron chi connectivity index (χ3n) is 4.11. The van der Waals surface area contributed by atoms with Crippen LogP contribution < -0.4 is 0 Å². The van der Waals surface area contributed by atoms with E-state index in [1.807, 2.05) is 0 Å². The molecule has 0 radical (unpaired) electrons. The Kier molecular flexibility index (Phi) is 2.94. The standard InChI is InChI=1S/C13H22O/c1-3-5-9(2)8-12(14)13-10-6-4-7-11(10)13/h9-11,13H,3-8H2,1-2H3. The first-order chi connectivity index (χ1) is 6.74. The molecule has 0 aromatic heterocycles. The van der Waals surface area contributed by atoms with E-state index in [0.29, 0.717) is 17.6 Å². The van der Waals surface area contributed by atoms with Crippen LogP contribution in [0.3, 0.4) is 0 Å². The first-order valence-electron chi connectivity index (χ1n) is 6.26. The topological polar surface area (TPSA) is 17.1 Å². The lowest BCUT2D eigenvalue weighted by atomic mass is 9.95. The van der Waals surface area contributed by atoms with Crippen LogP contribution in [0.5, 0.6) is 0 Å². The maximum atomic E-state index is 11.9. The van der Waals surface area contributed by atoms with Crippen LogP contribution in [0.25, 0.3) is 0 Å². The largest absolute Gasteiger partial charge is 0.299 e. The molecule has 0 amide bonds.